The summed E-state index contributed by atoms with van der Waals surface area (Å²) in [6.45, 7) is 8.52. The van der Waals surface area contributed by atoms with Crippen molar-refractivity contribution in [2.75, 3.05) is 0 Å². The molecule has 0 N–H and O–H groups in total. The van der Waals surface area contributed by atoms with Gasteiger partial charge in [0.05, 0.1) is 32.3 Å². The lowest BCUT2D eigenvalue weighted by atomic mass is 10.0. The highest BCUT2D eigenvalue weighted by atomic mass is 35.5. The summed E-state index contributed by atoms with van der Waals surface area (Å²) in [4.78, 5) is 50.0. The number of halogens is 2. The van der Waals surface area contributed by atoms with Crippen LogP contribution in [0.4, 0.5) is 0 Å². The summed E-state index contributed by atoms with van der Waals surface area (Å²) in [6, 6.07) is 38.6. The number of unbranched alkanes of at least 4 members (excludes halogenated alkanes) is 9. The predicted molar refractivity (Wildman–Crippen MR) is 277 cm³/mol. The number of carbonyl (C=O) groups excluding carboxylic acids is 4. The molecule has 6 aromatic carbocycles. The molecule has 0 saturated carbocycles. The molecular weight excluding hydrogens is 908 g/mol. The maximum absolute atomic E-state index is 12.6. The van der Waals surface area contributed by atoms with Gasteiger partial charge < -0.3 is 18.9 Å². The third-order valence-electron chi connectivity index (χ3n) is 11.4. The van der Waals surface area contributed by atoms with E-state index in [1.165, 1.54) is 117 Å². The summed E-state index contributed by atoms with van der Waals surface area (Å²) in [7, 11) is 0. The molecule has 69 heavy (non-hydrogen) atoms. The van der Waals surface area contributed by atoms with Crippen LogP contribution in [-0.4, -0.2) is 23.9 Å². The van der Waals surface area contributed by atoms with E-state index in [1.807, 2.05) is 55.5 Å². The zero-order valence-electron chi connectivity index (χ0n) is 40.3. The van der Waals surface area contributed by atoms with Crippen LogP contribution in [0, 0.1) is 6.92 Å². The standard InChI is InChI=1S/C30H33ClO4.C29H31ClO4/c1-3-5-7-9-22-11-15-24(16-12-22)29(32)35-26-19-20-27(28(31)21-26)30(33)34-25-17-13-23(14-18-25)10-8-6-4-2;1-3-4-5-6-7-8-9-22-12-16-24(17-13-22)33-29(32)26-19-18-25(20-27(26)30)34-28(31)23-14-10-21(2)11-15-23/h11-21H,3-10H2,1-2H3;10-20H,3-9H2,1-2H3. The topological polar surface area (TPSA) is 105 Å². The Hall–Kier alpha value is -6.22. The minimum absolute atomic E-state index is 0.152. The van der Waals surface area contributed by atoms with Crippen LogP contribution in [0.2, 0.25) is 10.0 Å². The highest BCUT2D eigenvalue weighted by Crippen LogP contribution is 2.27. The molecule has 362 valence electrons. The van der Waals surface area contributed by atoms with Gasteiger partial charge in [0.1, 0.15) is 23.0 Å². The SMILES string of the molecule is CCCCCCCCc1ccc(OC(=O)c2ccc(OC(=O)c3ccc(C)cc3)cc2Cl)cc1.CCCCCc1ccc(OC(=O)c2ccc(OC(=O)c3ccc(CCCCC)cc3)cc2Cl)cc1. The molecule has 0 aromatic heterocycles. The van der Waals surface area contributed by atoms with Gasteiger partial charge in [0.15, 0.2) is 0 Å². The van der Waals surface area contributed by atoms with Crippen molar-refractivity contribution in [2.45, 2.75) is 124 Å². The van der Waals surface area contributed by atoms with Crippen molar-refractivity contribution in [3.63, 3.8) is 0 Å². The van der Waals surface area contributed by atoms with Crippen molar-refractivity contribution in [3.8, 4) is 23.0 Å². The Kier molecular flexibility index (Phi) is 22.5. The van der Waals surface area contributed by atoms with Crippen LogP contribution in [0.25, 0.3) is 0 Å². The molecule has 0 fully saturated rings. The molecule has 10 heteroatoms. The second-order valence-corrected chi connectivity index (χ2v) is 17.9. The summed E-state index contributed by atoms with van der Waals surface area (Å²) in [5, 5.41) is 0.307. The van der Waals surface area contributed by atoms with Crippen molar-refractivity contribution < 1.29 is 38.1 Å². The van der Waals surface area contributed by atoms with E-state index < -0.39 is 23.9 Å². The summed E-state index contributed by atoms with van der Waals surface area (Å²) in [5.74, 6) is -0.661. The van der Waals surface area contributed by atoms with Crippen LogP contribution in [-0.2, 0) is 19.3 Å². The number of esters is 4. The van der Waals surface area contributed by atoms with Gasteiger partial charge in [-0.25, -0.2) is 19.2 Å². The van der Waals surface area contributed by atoms with Crippen molar-refractivity contribution in [1.82, 2.24) is 0 Å². The molecular formula is C59H64Cl2O8. The minimum atomic E-state index is -0.565. The Labute approximate surface area is 418 Å². The Morgan fingerprint density at radius 2 is 0.667 bits per heavy atom. The van der Waals surface area contributed by atoms with Crippen LogP contribution < -0.4 is 18.9 Å². The summed E-state index contributed by atoms with van der Waals surface area (Å²) in [6.07, 6.45) is 17.6. The Morgan fingerprint density at radius 3 is 1.06 bits per heavy atom. The highest BCUT2D eigenvalue weighted by molar-refractivity contribution is 6.34. The van der Waals surface area contributed by atoms with E-state index in [2.05, 4.69) is 20.8 Å². The second-order valence-electron chi connectivity index (χ2n) is 17.1. The van der Waals surface area contributed by atoms with Gasteiger partial charge >= 0.3 is 23.9 Å². The van der Waals surface area contributed by atoms with Crippen LogP contribution in [0.3, 0.4) is 0 Å². The first-order chi connectivity index (χ1) is 33.5. The fourth-order valence-electron chi connectivity index (χ4n) is 7.32. The van der Waals surface area contributed by atoms with Crippen LogP contribution in [0.1, 0.15) is 162 Å². The van der Waals surface area contributed by atoms with E-state index >= 15 is 0 Å². The molecule has 0 radical (unpaired) electrons. The molecule has 8 nitrogen and oxygen atoms in total. The summed E-state index contributed by atoms with van der Waals surface area (Å²) < 4.78 is 21.8. The predicted octanol–water partition coefficient (Wildman–Crippen LogP) is 16.2. The maximum Gasteiger partial charge on any atom is 0.345 e. The van der Waals surface area contributed by atoms with Crippen molar-refractivity contribution >= 4 is 47.1 Å². The van der Waals surface area contributed by atoms with Crippen molar-refractivity contribution in [1.29, 1.82) is 0 Å². The first-order valence-corrected chi connectivity index (χ1v) is 25.0. The average Bonchev–Trinajstić information content (AvgIpc) is 3.34. The Morgan fingerprint density at radius 1 is 0.362 bits per heavy atom. The first-order valence-electron chi connectivity index (χ1n) is 24.3. The van der Waals surface area contributed by atoms with Gasteiger partial charge in [0.2, 0.25) is 0 Å². The van der Waals surface area contributed by atoms with Crippen molar-refractivity contribution in [2.24, 2.45) is 0 Å². The van der Waals surface area contributed by atoms with Gasteiger partial charge in [-0.05, 0) is 135 Å². The molecule has 0 saturated heterocycles. The lowest BCUT2D eigenvalue weighted by Gasteiger charge is -2.09. The van der Waals surface area contributed by atoms with Crippen LogP contribution in [0.5, 0.6) is 23.0 Å². The molecule has 0 bridgehead atoms. The van der Waals surface area contributed by atoms with Gasteiger partial charge in [-0.1, -0.05) is 156 Å². The second kappa shape index (κ2) is 29.0. The number of benzene rings is 6. The monoisotopic (exact) mass is 970 g/mol. The van der Waals surface area contributed by atoms with Gasteiger partial charge in [-0.2, -0.15) is 0 Å². The normalized spacial score (nSPS) is 10.7. The Balaban J connectivity index is 0.000000258. The molecule has 0 aliphatic rings. The number of hydrogen-bond donors (Lipinski definition) is 0. The largest absolute Gasteiger partial charge is 0.423 e. The van der Waals surface area contributed by atoms with Gasteiger partial charge in [-0.3, -0.25) is 0 Å². The average molecular weight is 972 g/mol. The summed E-state index contributed by atoms with van der Waals surface area (Å²) in [5.41, 5.74) is 6.00. The zero-order valence-corrected chi connectivity index (χ0v) is 41.8. The number of aryl methyl sites for hydroxylation is 4. The molecule has 6 rings (SSSR count). The molecule has 0 unspecified atom stereocenters. The van der Waals surface area contributed by atoms with E-state index in [-0.39, 0.29) is 32.7 Å². The van der Waals surface area contributed by atoms with Crippen LogP contribution in [0.15, 0.2) is 133 Å². The molecule has 0 aliphatic carbocycles. The molecule has 0 heterocycles. The first kappa shape index (κ1) is 53.7. The van der Waals surface area contributed by atoms with E-state index in [9.17, 15) is 19.2 Å². The molecule has 0 atom stereocenters. The van der Waals surface area contributed by atoms with E-state index in [1.54, 1.807) is 48.5 Å². The fraction of sp³-hybridized carbons (Fsp3) is 0.322. The van der Waals surface area contributed by atoms with Gasteiger partial charge in [-0.15, -0.1) is 0 Å². The van der Waals surface area contributed by atoms with Gasteiger partial charge in [0.25, 0.3) is 0 Å². The van der Waals surface area contributed by atoms with Crippen LogP contribution >= 0.6 is 23.2 Å². The number of rotatable bonds is 23. The highest BCUT2D eigenvalue weighted by Gasteiger charge is 2.18. The minimum Gasteiger partial charge on any atom is -0.423 e. The van der Waals surface area contributed by atoms with Gasteiger partial charge in [0, 0.05) is 12.1 Å². The lowest BCUT2D eigenvalue weighted by Crippen LogP contribution is -2.11. The third-order valence-corrected chi connectivity index (χ3v) is 12.1. The smallest absolute Gasteiger partial charge is 0.345 e. The molecule has 0 spiro atoms. The van der Waals surface area contributed by atoms with E-state index in [0.717, 1.165) is 37.7 Å². The van der Waals surface area contributed by atoms with E-state index in [0.29, 0.717) is 22.6 Å². The molecule has 0 aliphatic heterocycles. The number of ether oxygens (including phenoxy) is 4. The maximum atomic E-state index is 12.6. The zero-order chi connectivity index (χ0) is 49.4. The number of hydrogen-bond acceptors (Lipinski definition) is 8. The fourth-order valence-corrected chi connectivity index (χ4v) is 7.81. The van der Waals surface area contributed by atoms with E-state index in [4.69, 9.17) is 42.1 Å². The lowest BCUT2D eigenvalue weighted by molar-refractivity contribution is 0.0720. The summed E-state index contributed by atoms with van der Waals surface area (Å²) >= 11 is 12.6. The van der Waals surface area contributed by atoms with Crippen molar-refractivity contribution in [3.05, 3.63) is 188 Å². The third kappa shape index (κ3) is 18.3. The molecule has 0 amide bonds. The number of carbonyl (C=O) groups is 4. The quantitative estimate of drug-likeness (QED) is 0.0355. The Bertz CT molecular complexity index is 2550. The molecule has 6 aromatic rings.